The second-order valence-corrected chi connectivity index (χ2v) is 7.25. The predicted octanol–water partition coefficient (Wildman–Crippen LogP) is 1.91. The minimum absolute atomic E-state index is 0.0195. The largest absolute Gasteiger partial charge is 0.488 e. The quantitative estimate of drug-likeness (QED) is 0.376. The van der Waals surface area contributed by atoms with Crippen molar-refractivity contribution in [2.24, 2.45) is 10.7 Å². The molecule has 1 saturated carbocycles. The van der Waals surface area contributed by atoms with E-state index in [1.165, 1.54) is 19.4 Å². The second kappa shape index (κ2) is 9.98. The summed E-state index contributed by atoms with van der Waals surface area (Å²) in [5.41, 5.74) is 5.51. The summed E-state index contributed by atoms with van der Waals surface area (Å²) in [6.45, 7) is 2.67. The molecule has 2 heterocycles. The Labute approximate surface area is 176 Å². The van der Waals surface area contributed by atoms with Gasteiger partial charge in [0, 0.05) is 18.3 Å². The number of methoxy groups -OCH3 is 1. The second-order valence-electron chi connectivity index (χ2n) is 6.30. The third-order valence-electron chi connectivity index (χ3n) is 3.88. The third-order valence-corrected chi connectivity index (χ3v) is 4.61. The van der Waals surface area contributed by atoms with Crippen molar-refractivity contribution in [3.8, 4) is 5.75 Å². The average Bonchev–Trinajstić information content (AvgIpc) is 3.44. The van der Waals surface area contributed by atoms with E-state index in [0.29, 0.717) is 35.8 Å². The molecule has 30 heavy (non-hydrogen) atoms. The molecule has 11 nitrogen and oxygen atoms in total. The van der Waals surface area contributed by atoms with Crippen molar-refractivity contribution < 1.29 is 18.7 Å². The topological polar surface area (TPSA) is 154 Å². The Hall–Kier alpha value is -3.25. The zero-order valence-electron chi connectivity index (χ0n) is 16.5. The molecule has 0 bridgehead atoms. The van der Waals surface area contributed by atoms with Gasteiger partial charge in [-0.1, -0.05) is 11.3 Å². The first-order valence-corrected chi connectivity index (χ1v) is 9.98. The Morgan fingerprint density at radius 1 is 1.47 bits per heavy atom. The number of aromatic nitrogens is 2. The smallest absolute Gasteiger partial charge is 0.381 e. The summed E-state index contributed by atoms with van der Waals surface area (Å²) in [5.74, 6) is -0.875. The highest BCUT2D eigenvalue weighted by atomic mass is 32.1. The predicted molar refractivity (Wildman–Crippen MR) is 113 cm³/mol. The summed E-state index contributed by atoms with van der Waals surface area (Å²) in [6, 6.07) is 1.39. The summed E-state index contributed by atoms with van der Waals surface area (Å²) in [7, 11) is 1.35. The van der Waals surface area contributed by atoms with Crippen LogP contribution in [-0.2, 0) is 4.74 Å². The third kappa shape index (κ3) is 5.87. The van der Waals surface area contributed by atoms with Crippen LogP contribution in [0.4, 0.5) is 16.0 Å². The van der Waals surface area contributed by atoms with E-state index >= 15 is 0 Å². The Morgan fingerprint density at radius 2 is 2.27 bits per heavy atom. The van der Waals surface area contributed by atoms with Crippen molar-refractivity contribution in [3.05, 3.63) is 34.5 Å². The van der Waals surface area contributed by atoms with Crippen molar-refractivity contribution in [2.45, 2.75) is 25.9 Å². The number of nitrogens with two attached hydrogens (primary N) is 1. The molecule has 0 atom stereocenters. The first-order chi connectivity index (χ1) is 14.5. The van der Waals surface area contributed by atoms with Gasteiger partial charge < -0.3 is 24.9 Å². The number of carbonyl (C=O) groups excluding carboxylic acids is 1. The van der Waals surface area contributed by atoms with Crippen LogP contribution in [0.15, 0.2) is 32.5 Å². The van der Waals surface area contributed by atoms with Gasteiger partial charge in [0.05, 0.1) is 25.5 Å². The lowest BCUT2D eigenvalue weighted by atomic mass is 10.3. The minimum atomic E-state index is -0.775. The highest BCUT2D eigenvalue weighted by Gasteiger charge is 2.22. The van der Waals surface area contributed by atoms with Crippen molar-refractivity contribution in [1.82, 2.24) is 10.2 Å². The van der Waals surface area contributed by atoms with Gasteiger partial charge in [0.15, 0.2) is 5.76 Å². The fourth-order valence-electron chi connectivity index (χ4n) is 2.36. The molecule has 0 spiro atoms. The zero-order valence-corrected chi connectivity index (χ0v) is 17.3. The summed E-state index contributed by atoms with van der Waals surface area (Å²) in [5, 5.41) is 13.8. The van der Waals surface area contributed by atoms with Crippen molar-refractivity contribution in [2.75, 3.05) is 30.9 Å². The molecular formula is C18H22N6O5S. The van der Waals surface area contributed by atoms with E-state index in [9.17, 15) is 9.59 Å². The monoisotopic (exact) mass is 434 g/mol. The van der Waals surface area contributed by atoms with E-state index in [1.54, 1.807) is 13.0 Å². The Bertz CT molecular complexity index is 1010. The summed E-state index contributed by atoms with van der Waals surface area (Å²) >= 11 is 1.06. The molecular weight excluding hydrogens is 412 g/mol. The Morgan fingerprint density at radius 3 is 2.97 bits per heavy atom. The van der Waals surface area contributed by atoms with E-state index in [0.717, 1.165) is 24.2 Å². The molecule has 0 saturated heterocycles. The lowest BCUT2D eigenvalue weighted by Gasteiger charge is -2.11. The van der Waals surface area contributed by atoms with Crippen molar-refractivity contribution in [1.29, 1.82) is 0 Å². The normalized spacial score (nSPS) is 14.1. The van der Waals surface area contributed by atoms with Gasteiger partial charge in [-0.3, -0.25) is 10.1 Å². The van der Waals surface area contributed by atoms with Gasteiger partial charge in [0.2, 0.25) is 16.0 Å². The number of amides is 1. The van der Waals surface area contributed by atoms with Crippen LogP contribution in [0.1, 0.15) is 30.3 Å². The lowest BCUT2D eigenvalue weighted by Crippen LogP contribution is -2.18. The van der Waals surface area contributed by atoms with Crippen LogP contribution in [0.5, 0.6) is 5.75 Å². The molecule has 1 fully saturated rings. The molecule has 12 heteroatoms. The molecule has 1 amide bonds. The highest BCUT2D eigenvalue weighted by Crippen LogP contribution is 2.26. The number of allylic oxidation sites excluding steroid dienone is 1. The van der Waals surface area contributed by atoms with Gasteiger partial charge in [-0.25, -0.2) is 9.79 Å². The maximum absolute atomic E-state index is 12.5. The van der Waals surface area contributed by atoms with Gasteiger partial charge in [-0.2, -0.15) is 0 Å². The van der Waals surface area contributed by atoms with E-state index in [2.05, 4.69) is 25.8 Å². The number of anilines is 2. The Balaban J connectivity index is 1.69. The number of aliphatic imine (C=N–C) groups is 1. The van der Waals surface area contributed by atoms with E-state index < -0.39 is 11.5 Å². The van der Waals surface area contributed by atoms with Crippen LogP contribution < -0.4 is 26.7 Å². The van der Waals surface area contributed by atoms with E-state index in [-0.39, 0.29) is 16.6 Å². The number of hydrogen-bond donors (Lipinski definition) is 3. The molecule has 2 aromatic rings. The van der Waals surface area contributed by atoms with Crippen molar-refractivity contribution >= 4 is 38.9 Å². The number of ether oxygens (including phenoxy) is 2. The molecule has 1 aliphatic rings. The van der Waals surface area contributed by atoms with Gasteiger partial charge in [0.25, 0.3) is 5.91 Å². The molecule has 0 unspecified atom stereocenters. The fourth-order valence-corrected chi connectivity index (χ4v) is 3.03. The van der Waals surface area contributed by atoms with Crippen LogP contribution in [0, 0.1) is 0 Å². The zero-order chi connectivity index (χ0) is 21.5. The number of hydrogen-bond acceptors (Lipinski definition) is 11. The molecule has 160 valence electrons. The summed E-state index contributed by atoms with van der Waals surface area (Å²) < 4.78 is 15.7. The molecule has 4 N–H and O–H groups in total. The average molecular weight is 434 g/mol. The molecule has 0 aliphatic heterocycles. The van der Waals surface area contributed by atoms with Crippen molar-refractivity contribution in [3.63, 3.8) is 0 Å². The first-order valence-electron chi connectivity index (χ1n) is 9.16. The fraction of sp³-hybridized carbons (Fsp3) is 0.389. The number of rotatable bonds is 10. The molecule has 3 rings (SSSR count). The number of nitrogens with one attached hydrogen (secondary N) is 2. The summed E-state index contributed by atoms with van der Waals surface area (Å²) in [6.07, 6.45) is 5.44. The van der Waals surface area contributed by atoms with E-state index in [4.69, 9.17) is 19.6 Å². The van der Waals surface area contributed by atoms with E-state index in [1.807, 2.05) is 0 Å². The van der Waals surface area contributed by atoms with Gasteiger partial charge in [-0.05, 0) is 32.0 Å². The Kier molecular flexibility index (Phi) is 7.14. The summed E-state index contributed by atoms with van der Waals surface area (Å²) in [4.78, 5) is 28.9. The standard InChI is InChI=1S/C18H22N6O5S/c1-10(5-6-19)21-17-23-24-18(30-17)22-15(25)13-9-12(14(27-2)16(26)29-13)20-7-8-28-11-3-4-11/h5-6,9,11,20H,3-4,7-8,19H2,1-2H3,(H,22,24,25)/b6-5-,21-10+. The first kappa shape index (κ1) is 21.5. The maximum atomic E-state index is 12.5. The van der Waals surface area contributed by atoms with Gasteiger partial charge >= 0.3 is 5.63 Å². The van der Waals surface area contributed by atoms with Crippen LogP contribution in [0.25, 0.3) is 0 Å². The van der Waals surface area contributed by atoms with Crippen LogP contribution in [0.2, 0.25) is 0 Å². The lowest BCUT2D eigenvalue weighted by molar-refractivity contribution is 0.0991. The molecule has 1 aliphatic carbocycles. The number of nitrogens with zero attached hydrogens (tertiary/aromatic N) is 3. The van der Waals surface area contributed by atoms with Gasteiger partial charge in [-0.15, -0.1) is 10.2 Å². The van der Waals surface area contributed by atoms with Crippen LogP contribution in [0.3, 0.4) is 0 Å². The maximum Gasteiger partial charge on any atom is 0.381 e. The van der Waals surface area contributed by atoms with Crippen LogP contribution >= 0.6 is 11.3 Å². The minimum Gasteiger partial charge on any atom is -0.488 e. The van der Waals surface area contributed by atoms with Gasteiger partial charge in [0.1, 0.15) is 0 Å². The molecule has 2 aromatic heterocycles. The number of carbonyl (C=O) groups is 1. The SMILES string of the molecule is COc1c(NCCOC2CC2)cc(C(=O)Nc2nnc(/N=C(C)/C=C\N)s2)oc1=O. The molecule has 0 aromatic carbocycles. The molecule has 0 radical (unpaired) electrons. The van der Waals surface area contributed by atoms with Crippen LogP contribution in [-0.4, -0.2) is 48.2 Å². The highest BCUT2D eigenvalue weighted by molar-refractivity contribution is 7.18.